The third kappa shape index (κ3) is 4.93. The van der Waals surface area contributed by atoms with Crippen molar-refractivity contribution >= 4 is 29.0 Å². The molecule has 0 aliphatic heterocycles. The van der Waals surface area contributed by atoms with Gasteiger partial charge in [-0.3, -0.25) is 14.4 Å². The van der Waals surface area contributed by atoms with Gasteiger partial charge in [-0.2, -0.15) is 0 Å². The second-order valence-corrected chi connectivity index (χ2v) is 5.79. The lowest BCUT2D eigenvalue weighted by atomic mass is 10.1. The first-order valence-corrected chi connectivity index (χ1v) is 8.03. The van der Waals surface area contributed by atoms with Crippen molar-refractivity contribution < 1.29 is 27.6 Å². The van der Waals surface area contributed by atoms with Crippen LogP contribution < -0.4 is 10.2 Å². The highest BCUT2D eigenvalue weighted by molar-refractivity contribution is 5.97. The van der Waals surface area contributed by atoms with Crippen molar-refractivity contribution in [1.82, 2.24) is 0 Å². The van der Waals surface area contributed by atoms with Crippen molar-refractivity contribution in [3.05, 3.63) is 59.4 Å². The Morgan fingerprint density at radius 3 is 2.11 bits per heavy atom. The van der Waals surface area contributed by atoms with Crippen LogP contribution in [-0.2, 0) is 9.59 Å². The Balaban J connectivity index is 2.05. The molecule has 0 saturated heterocycles. The lowest BCUT2D eigenvalue weighted by Gasteiger charge is -2.21. The SMILES string of the molecule is CC(=O)c1ccc(N(CCC(=O)Nc2ccc(F)c(F)c2F)C(C)=O)cc1. The summed E-state index contributed by atoms with van der Waals surface area (Å²) in [6.07, 6.45) is -0.202. The van der Waals surface area contributed by atoms with E-state index < -0.39 is 29.0 Å². The van der Waals surface area contributed by atoms with Crippen LogP contribution in [0.2, 0.25) is 0 Å². The van der Waals surface area contributed by atoms with Crippen LogP contribution in [0.1, 0.15) is 30.6 Å². The number of carbonyl (C=O) groups is 3. The molecule has 0 aliphatic rings. The van der Waals surface area contributed by atoms with E-state index in [9.17, 15) is 27.6 Å². The summed E-state index contributed by atoms with van der Waals surface area (Å²) in [4.78, 5) is 36.5. The molecule has 0 spiro atoms. The molecule has 0 heterocycles. The molecule has 5 nitrogen and oxygen atoms in total. The van der Waals surface area contributed by atoms with E-state index in [1.807, 2.05) is 0 Å². The molecule has 0 atom stereocenters. The quantitative estimate of drug-likeness (QED) is 0.616. The van der Waals surface area contributed by atoms with E-state index in [0.717, 1.165) is 6.07 Å². The van der Waals surface area contributed by atoms with Gasteiger partial charge < -0.3 is 10.2 Å². The minimum absolute atomic E-state index is 0.0219. The molecule has 2 rings (SSSR count). The van der Waals surface area contributed by atoms with Crippen molar-refractivity contribution in [2.24, 2.45) is 0 Å². The minimum atomic E-state index is -1.68. The van der Waals surface area contributed by atoms with E-state index in [1.165, 1.54) is 18.7 Å². The van der Waals surface area contributed by atoms with E-state index >= 15 is 0 Å². The molecule has 2 aromatic rings. The maximum Gasteiger partial charge on any atom is 0.226 e. The normalized spacial score (nSPS) is 10.4. The Morgan fingerprint density at radius 2 is 1.56 bits per heavy atom. The number of nitrogens with zero attached hydrogens (tertiary/aromatic N) is 1. The summed E-state index contributed by atoms with van der Waals surface area (Å²) in [7, 11) is 0. The number of nitrogens with one attached hydrogen (secondary N) is 1. The fraction of sp³-hybridized carbons (Fsp3) is 0.211. The number of carbonyl (C=O) groups excluding carboxylic acids is 3. The molecule has 0 radical (unpaired) electrons. The van der Waals surface area contributed by atoms with Crippen LogP contribution in [0.3, 0.4) is 0 Å². The zero-order valence-electron chi connectivity index (χ0n) is 14.7. The summed E-state index contributed by atoms with van der Waals surface area (Å²) in [5, 5.41) is 2.14. The van der Waals surface area contributed by atoms with Crippen LogP contribution in [0.5, 0.6) is 0 Å². The van der Waals surface area contributed by atoms with Crippen molar-refractivity contribution in [3.63, 3.8) is 0 Å². The van der Waals surface area contributed by atoms with Crippen molar-refractivity contribution in [2.75, 3.05) is 16.8 Å². The van der Waals surface area contributed by atoms with Gasteiger partial charge in [0.25, 0.3) is 0 Å². The van der Waals surface area contributed by atoms with Crippen LogP contribution in [0, 0.1) is 17.5 Å². The van der Waals surface area contributed by atoms with E-state index in [2.05, 4.69) is 5.32 Å². The van der Waals surface area contributed by atoms with Crippen LogP contribution in [0.25, 0.3) is 0 Å². The van der Waals surface area contributed by atoms with E-state index in [0.29, 0.717) is 17.3 Å². The largest absolute Gasteiger partial charge is 0.323 e. The van der Waals surface area contributed by atoms with Gasteiger partial charge in [0.2, 0.25) is 11.8 Å². The molecule has 0 aliphatic carbocycles. The van der Waals surface area contributed by atoms with Crippen molar-refractivity contribution in [2.45, 2.75) is 20.3 Å². The van der Waals surface area contributed by atoms with Gasteiger partial charge in [-0.25, -0.2) is 13.2 Å². The summed E-state index contributed by atoms with van der Waals surface area (Å²) < 4.78 is 39.7. The molecule has 142 valence electrons. The van der Waals surface area contributed by atoms with E-state index in [1.54, 1.807) is 24.3 Å². The van der Waals surface area contributed by atoms with Crippen LogP contribution in [0.15, 0.2) is 36.4 Å². The first-order chi connectivity index (χ1) is 12.7. The highest BCUT2D eigenvalue weighted by Gasteiger charge is 2.17. The molecule has 27 heavy (non-hydrogen) atoms. The highest BCUT2D eigenvalue weighted by atomic mass is 19.2. The Labute approximate surface area is 153 Å². The number of anilines is 2. The van der Waals surface area contributed by atoms with E-state index in [-0.39, 0.29) is 24.7 Å². The van der Waals surface area contributed by atoms with Crippen LogP contribution in [0.4, 0.5) is 24.5 Å². The molecule has 2 amide bonds. The average Bonchev–Trinajstić information content (AvgIpc) is 2.62. The number of hydrogen-bond donors (Lipinski definition) is 1. The molecule has 0 bridgehead atoms. The predicted octanol–water partition coefficient (Wildman–Crippen LogP) is 3.69. The first-order valence-electron chi connectivity index (χ1n) is 8.03. The molecule has 0 unspecified atom stereocenters. The third-order valence-corrected chi connectivity index (χ3v) is 3.84. The fourth-order valence-electron chi connectivity index (χ4n) is 2.39. The number of amides is 2. The van der Waals surface area contributed by atoms with Gasteiger partial charge in [0.05, 0.1) is 5.69 Å². The predicted molar refractivity (Wildman–Crippen MR) is 94.0 cm³/mol. The average molecular weight is 378 g/mol. The topological polar surface area (TPSA) is 66.5 Å². The number of Topliss-reactive ketones (excluding diaryl/α,β-unsaturated/α-hetero) is 1. The molecule has 0 saturated carbocycles. The summed E-state index contributed by atoms with van der Waals surface area (Å²) in [5.41, 5.74) is 0.479. The monoisotopic (exact) mass is 378 g/mol. The summed E-state index contributed by atoms with van der Waals surface area (Å²) in [6.45, 7) is 2.71. The van der Waals surface area contributed by atoms with E-state index in [4.69, 9.17) is 0 Å². The molecular formula is C19H17F3N2O3. The number of hydrogen-bond acceptors (Lipinski definition) is 3. The standard InChI is InChI=1S/C19H17F3N2O3/c1-11(25)13-3-5-14(6-4-13)24(12(2)26)10-9-17(27)23-16-8-7-15(20)18(21)19(16)22/h3-8H,9-10H2,1-2H3,(H,23,27). The molecule has 2 aromatic carbocycles. The first kappa shape index (κ1) is 20.2. The second-order valence-electron chi connectivity index (χ2n) is 5.79. The van der Waals surface area contributed by atoms with Crippen molar-refractivity contribution in [3.8, 4) is 0 Å². The second kappa shape index (κ2) is 8.48. The van der Waals surface area contributed by atoms with Gasteiger partial charge in [0.1, 0.15) is 0 Å². The minimum Gasteiger partial charge on any atom is -0.323 e. The number of rotatable bonds is 6. The molecule has 0 fully saturated rings. The van der Waals surface area contributed by atoms with Gasteiger partial charge in [-0.1, -0.05) is 0 Å². The Bertz CT molecular complexity index is 883. The maximum absolute atomic E-state index is 13.6. The molecule has 1 N–H and O–H groups in total. The highest BCUT2D eigenvalue weighted by Crippen LogP contribution is 2.20. The Hall–Kier alpha value is -3.16. The summed E-state index contributed by atoms with van der Waals surface area (Å²) in [5.74, 6) is -5.66. The van der Waals surface area contributed by atoms with Gasteiger partial charge in [0, 0.05) is 31.1 Å². The number of benzene rings is 2. The summed E-state index contributed by atoms with van der Waals surface area (Å²) in [6, 6.07) is 7.88. The zero-order chi connectivity index (χ0) is 20.1. The van der Waals surface area contributed by atoms with Crippen molar-refractivity contribution in [1.29, 1.82) is 0 Å². The van der Waals surface area contributed by atoms with Gasteiger partial charge in [-0.05, 0) is 43.3 Å². The smallest absolute Gasteiger partial charge is 0.226 e. The maximum atomic E-state index is 13.6. The van der Waals surface area contributed by atoms with Gasteiger partial charge in [-0.15, -0.1) is 0 Å². The zero-order valence-corrected chi connectivity index (χ0v) is 14.7. The van der Waals surface area contributed by atoms with Crippen LogP contribution in [-0.4, -0.2) is 24.1 Å². The van der Waals surface area contributed by atoms with Gasteiger partial charge >= 0.3 is 0 Å². The fourth-order valence-corrected chi connectivity index (χ4v) is 2.39. The Kier molecular flexibility index (Phi) is 6.33. The molecule has 8 heteroatoms. The van der Waals surface area contributed by atoms with Gasteiger partial charge in [0.15, 0.2) is 23.2 Å². The third-order valence-electron chi connectivity index (χ3n) is 3.84. The number of ketones is 1. The lowest BCUT2D eigenvalue weighted by molar-refractivity contribution is -0.117. The Morgan fingerprint density at radius 1 is 0.926 bits per heavy atom. The summed E-state index contributed by atoms with van der Waals surface area (Å²) >= 11 is 0. The molecule has 0 aromatic heterocycles. The number of halogens is 3. The molecular weight excluding hydrogens is 361 g/mol. The lowest BCUT2D eigenvalue weighted by Crippen LogP contribution is -2.32. The van der Waals surface area contributed by atoms with Crippen LogP contribution >= 0.6 is 0 Å².